The van der Waals surface area contributed by atoms with Crippen molar-refractivity contribution in [2.75, 3.05) is 27.1 Å². The van der Waals surface area contributed by atoms with Gasteiger partial charge in [-0.05, 0) is 25.3 Å². The highest BCUT2D eigenvalue weighted by atomic mass is 35.5. The van der Waals surface area contributed by atoms with Crippen LogP contribution in [0.1, 0.15) is 44.6 Å². The molecule has 7 nitrogen and oxygen atoms in total. The summed E-state index contributed by atoms with van der Waals surface area (Å²) in [5.74, 6) is -0.535. The second-order valence-corrected chi connectivity index (χ2v) is 8.46. The Labute approximate surface area is 175 Å². The molecule has 3 rings (SSSR count). The lowest BCUT2D eigenvalue weighted by Crippen LogP contribution is -2.54. The molecule has 1 unspecified atom stereocenters. The van der Waals surface area contributed by atoms with Crippen molar-refractivity contribution in [1.82, 2.24) is 4.90 Å². The zero-order valence-corrected chi connectivity index (χ0v) is 17.5. The molecular formula is C21H26ClNO6. The molecule has 158 valence electrons. The molecular weight excluding hydrogens is 398 g/mol. The minimum atomic E-state index is -1.19. The van der Waals surface area contributed by atoms with Crippen LogP contribution in [-0.2, 0) is 29.3 Å². The van der Waals surface area contributed by atoms with Crippen molar-refractivity contribution < 1.29 is 28.6 Å². The Kier molecular flexibility index (Phi) is 6.49. The van der Waals surface area contributed by atoms with Crippen molar-refractivity contribution in [2.45, 2.75) is 44.6 Å². The Bertz CT molecular complexity index is 793. The van der Waals surface area contributed by atoms with E-state index in [-0.39, 0.29) is 17.6 Å². The number of ketones is 1. The minimum Gasteiger partial charge on any atom is -0.428 e. The molecule has 1 aliphatic heterocycles. The number of Topliss-reactive ketones (excluding diaryl/α,β-unsaturated/α-hetero) is 1. The number of rotatable bonds is 6. The van der Waals surface area contributed by atoms with E-state index < -0.39 is 24.4 Å². The first kappa shape index (κ1) is 21.6. The smallest absolute Gasteiger partial charge is 0.413 e. The summed E-state index contributed by atoms with van der Waals surface area (Å²) in [6.45, 7) is 2.44. The number of amides is 1. The normalized spacial score (nSPS) is 23.1. The van der Waals surface area contributed by atoms with Gasteiger partial charge >= 0.3 is 12.1 Å². The molecule has 1 aromatic carbocycles. The van der Waals surface area contributed by atoms with Crippen LogP contribution >= 0.6 is 11.6 Å². The number of benzene rings is 1. The lowest BCUT2D eigenvalue weighted by Gasteiger charge is -2.43. The monoisotopic (exact) mass is 423 g/mol. The predicted octanol–water partition coefficient (Wildman–Crippen LogP) is 3.67. The summed E-state index contributed by atoms with van der Waals surface area (Å²) in [6.07, 6.45) is 1.82. The van der Waals surface area contributed by atoms with Crippen molar-refractivity contribution in [1.29, 1.82) is 0 Å². The van der Waals surface area contributed by atoms with E-state index in [1.807, 2.05) is 6.92 Å². The lowest BCUT2D eigenvalue weighted by molar-refractivity contribution is -0.167. The third-order valence-corrected chi connectivity index (χ3v) is 6.02. The second kappa shape index (κ2) is 8.71. The summed E-state index contributed by atoms with van der Waals surface area (Å²) in [7, 11) is 1.52. The first-order valence-corrected chi connectivity index (χ1v) is 10.1. The molecule has 0 radical (unpaired) electrons. The van der Waals surface area contributed by atoms with Crippen LogP contribution in [0.3, 0.4) is 0 Å². The number of likely N-dealkylation sites (N-methyl/N-ethyl adjacent to an activating group) is 1. The molecule has 1 aliphatic carbocycles. The standard InChI is InChI=1S/C21H26ClNO6/c1-20(12-27-13-20)11-18(25)28-14-29-19(26)23(2)21(10-6-5-9-17(21)24)15-7-3-4-8-16(15)22/h3-4,7-8H,5-6,9-14H2,1-2H3. The quantitative estimate of drug-likeness (QED) is 0.512. The fourth-order valence-corrected chi connectivity index (χ4v) is 4.27. The molecule has 0 bridgehead atoms. The van der Waals surface area contributed by atoms with Crippen molar-refractivity contribution >= 4 is 29.4 Å². The van der Waals surface area contributed by atoms with Crippen LogP contribution in [0.15, 0.2) is 24.3 Å². The van der Waals surface area contributed by atoms with Crippen LogP contribution < -0.4 is 0 Å². The van der Waals surface area contributed by atoms with Gasteiger partial charge in [0.1, 0.15) is 5.54 Å². The topological polar surface area (TPSA) is 82.1 Å². The highest BCUT2D eigenvalue weighted by molar-refractivity contribution is 6.31. The SMILES string of the molecule is CN(C(=O)OCOC(=O)CC1(C)COC1)C1(c2ccccc2Cl)CCCCC1=O. The Balaban J connectivity index is 1.67. The minimum absolute atomic E-state index is 0.0776. The van der Waals surface area contributed by atoms with E-state index in [4.69, 9.17) is 25.8 Å². The van der Waals surface area contributed by atoms with Crippen LogP contribution in [0.2, 0.25) is 5.02 Å². The van der Waals surface area contributed by atoms with Gasteiger partial charge in [-0.2, -0.15) is 0 Å². The molecule has 0 N–H and O–H groups in total. The molecule has 29 heavy (non-hydrogen) atoms. The Morgan fingerprint density at radius 3 is 2.55 bits per heavy atom. The fourth-order valence-electron chi connectivity index (χ4n) is 3.98. The van der Waals surface area contributed by atoms with E-state index >= 15 is 0 Å². The number of carbonyl (C=O) groups excluding carboxylic acids is 3. The van der Waals surface area contributed by atoms with Gasteiger partial charge in [-0.3, -0.25) is 14.5 Å². The van der Waals surface area contributed by atoms with E-state index in [9.17, 15) is 14.4 Å². The fraction of sp³-hybridized carbons (Fsp3) is 0.571. The number of hydrogen-bond donors (Lipinski definition) is 0. The van der Waals surface area contributed by atoms with E-state index in [1.165, 1.54) is 11.9 Å². The number of hydrogen-bond acceptors (Lipinski definition) is 6. The number of halogens is 1. The third-order valence-electron chi connectivity index (χ3n) is 5.69. The highest BCUT2D eigenvalue weighted by Gasteiger charge is 2.48. The van der Waals surface area contributed by atoms with Crippen molar-refractivity contribution in [2.24, 2.45) is 5.41 Å². The third kappa shape index (κ3) is 4.41. The molecule has 1 saturated heterocycles. The zero-order chi connectivity index (χ0) is 21.1. The first-order valence-electron chi connectivity index (χ1n) is 9.71. The van der Waals surface area contributed by atoms with E-state index in [1.54, 1.807) is 24.3 Å². The van der Waals surface area contributed by atoms with Crippen molar-refractivity contribution in [3.8, 4) is 0 Å². The van der Waals surface area contributed by atoms with Crippen molar-refractivity contribution in [3.63, 3.8) is 0 Å². The second-order valence-electron chi connectivity index (χ2n) is 8.05. The van der Waals surface area contributed by atoms with Crippen LogP contribution in [0.4, 0.5) is 4.79 Å². The molecule has 2 aliphatic rings. The van der Waals surface area contributed by atoms with Gasteiger partial charge in [0.25, 0.3) is 0 Å². The van der Waals surface area contributed by atoms with Gasteiger partial charge in [-0.25, -0.2) is 4.79 Å². The Hall–Kier alpha value is -2.12. The number of esters is 1. The van der Waals surface area contributed by atoms with Gasteiger partial charge in [-0.15, -0.1) is 0 Å². The Morgan fingerprint density at radius 2 is 1.93 bits per heavy atom. The van der Waals surface area contributed by atoms with Crippen LogP contribution in [0.25, 0.3) is 0 Å². The highest BCUT2D eigenvalue weighted by Crippen LogP contribution is 2.42. The molecule has 2 fully saturated rings. The molecule has 0 aromatic heterocycles. The maximum atomic E-state index is 13.0. The average Bonchev–Trinajstić information content (AvgIpc) is 2.67. The first-order chi connectivity index (χ1) is 13.8. The maximum absolute atomic E-state index is 13.0. The summed E-state index contributed by atoms with van der Waals surface area (Å²) in [5, 5.41) is 0.421. The maximum Gasteiger partial charge on any atom is 0.413 e. The molecule has 0 spiro atoms. The van der Waals surface area contributed by atoms with Gasteiger partial charge in [0.05, 0.1) is 19.6 Å². The summed E-state index contributed by atoms with van der Waals surface area (Å²) in [4.78, 5) is 38.9. The largest absolute Gasteiger partial charge is 0.428 e. The van der Waals surface area contributed by atoms with Gasteiger partial charge in [0.15, 0.2) is 5.78 Å². The summed E-state index contributed by atoms with van der Waals surface area (Å²) < 4.78 is 15.3. The summed E-state index contributed by atoms with van der Waals surface area (Å²) >= 11 is 6.38. The predicted molar refractivity (Wildman–Crippen MR) is 105 cm³/mol. The number of ether oxygens (including phenoxy) is 3. The van der Waals surface area contributed by atoms with Crippen LogP contribution in [0.5, 0.6) is 0 Å². The van der Waals surface area contributed by atoms with Gasteiger partial charge < -0.3 is 14.2 Å². The van der Waals surface area contributed by atoms with E-state index in [0.29, 0.717) is 36.6 Å². The Morgan fingerprint density at radius 1 is 1.21 bits per heavy atom. The lowest BCUT2D eigenvalue weighted by atomic mass is 9.74. The molecule has 1 heterocycles. The molecule has 1 amide bonds. The summed E-state index contributed by atoms with van der Waals surface area (Å²) in [6, 6.07) is 7.03. The van der Waals surface area contributed by atoms with Crippen LogP contribution in [-0.4, -0.2) is 49.8 Å². The molecule has 1 saturated carbocycles. The van der Waals surface area contributed by atoms with Gasteiger partial charge in [0, 0.05) is 29.5 Å². The average molecular weight is 424 g/mol. The van der Waals surface area contributed by atoms with Crippen LogP contribution in [0, 0.1) is 5.41 Å². The zero-order valence-electron chi connectivity index (χ0n) is 16.7. The van der Waals surface area contributed by atoms with Gasteiger partial charge in [-0.1, -0.05) is 36.7 Å². The molecule has 1 aromatic rings. The van der Waals surface area contributed by atoms with E-state index in [0.717, 1.165) is 12.8 Å². The molecule has 1 atom stereocenters. The molecule has 8 heteroatoms. The number of carbonyl (C=O) groups is 3. The van der Waals surface area contributed by atoms with E-state index in [2.05, 4.69) is 0 Å². The summed E-state index contributed by atoms with van der Waals surface area (Å²) in [5.41, 5.74) is -0.824. The number of nitrogens with zero attached hydrogens (tertiary/aromatic N) is 1. The van der Waals surface area contributed by atoms with Gasteiger partial charge in [0.2, 0.25) is 6.79 Å². The van der Waals surface area contributed by atoms with Crippen molar-refractivity contribution in [3.05, 3.63) is 34.9 Å².